The highest BCUT2D eigenvalue weighted by molar-refractivity contribution is 5.96. The summed E-state index contributed by atoms with van der Waals surface area (Å²) in [5.41, 5.74) is 3.65. The van der Waals surface area contributed by atoms with Gasteiger partial charge in [0.05, 0.1) is 0 Å². The largest absolute Gasteiger partial charge is 0.484 e. The van der Waals surface area contributed by atoms with Crippen LogP contribution in [0.3, 0.4) is 0 Å². The minimum Gasteiger partial charge on any atom is -0.484 e. The zero-order chi connectivity index (χ0) is 17.5. The molecule has 0 aromatic heterocycles. The molecular weight excluding hydrogens is 302 g/mol. The molecule has 1 amide bonds. The number of hydrogen-bond acceptors (Lipinski definition) is 3. The van der Waals surface area contributed by atoms with Crippen LogP contribution in [0, 0.1) is 6.92 Å². The van der Waals surface area contributed by atoms with Crippen molar-refractivity contribution in [2.45, 2.75) is 33.6 Å². The second-order valence-electron chi connectivity index (χ2n) is 5.60. The van der Waals surface area contributed by atoms with Crippen LogP contribution < -0.4 is 10.1 Å². The van der Waals surface area contributed by atoms with Crippen LogP contribution in [0.15, 0.2) is 42.5 Å². The molecule has 0 saturated carbocycles. The maximum Gasteiger partial charge on any atom is 0.262 e. The monoisotopic (exact) mass is 325 g/mol. The molecule has 0 fully saturated rings. The fourth-order valence-corrected chi connectivity index (χ4v) is 2.47. The van der Waals surface area contributed by atoms with Gasteiger partial charge in [-0.2, -0.15) is 0 Å². The van der Waals surface area contributed by atoms with Crippen LogP contribution in [0.1, 0.15) is 41.8 Å². The quantitative estimate of drug-likeness (QED) is 0.777. The second kappa shape index (κ2) is 8.29. The number of anilines is 1. The number of carbonyl (C=O) groups excluding carboxylic acids is 2. The van der Waals surface area contributed by atoms with E-state index in [9.17, 15) is 9.59 Å². The van der Waals surface area contributed by atoms with E-state index >= 15 is 0 Å². The minimum absolute atomic E-state index is 0.0709. The van der Waals surface area contributed by atoms with Crippen LogP contribution in [0.2, 0.25) is 0 Å². The van der Waals surface area contributed by atoms with Crippen molar-refractivity contribution >= 4 is 17.4 Å². The summed E-state index contributed by atoms with van der Waals surface area (Å²) in [6.07, 6.45) is 1.32. The lowest BCUT2D eigenvalue weighted by Crippen LogP contribution is -2.21. The zero-order valence-corrected chi connectivity index (χ0v) is 14.4. The van der Waals surface area contributed by atoms with Crippen LogP contribution in [0.4, 0.5) is 5.69 Å². The lowest BCUT2D eigenvalue weighted by molar-refractivity contribution is -0.118. The van der Waals surface area contributed by atoms with Crippen molar-refractivity contribution < 1.29 is 14.3 Å². The third kappa shape index (κ3) is 4.44. The molecule has 0 atom stereocenters. The van der Waals surface area contributed by atoms with E-state index in [1.165, 1.54) is 0 Å². The Balaban J connectivity index is 1.95. The predicted octanol–water partition coefficient (Wildman–Crippen LogP) is 4.17. The standard InChI is InChI=1S/C20H23NO3/c1-4-15-8-6-7-14(3)20(15)21-19(23)13-24-17-11-9-16(10-12-17)18(22)5-2/h6-12H,4-5,13H2,1-3H3,(H,21,23). The van der Waals surface area contributed by atoms with E-state index in [1.807, 2.05) is 32.0 Å². The van der Waals surface area contributed by atoms with Gasteiger partial charge in [0.1, 0.15) is 5.75 Å². The van der Waals surface area contributed by atoms with Crippen LogP contribution in [0.25, 0.3) is 0 Å². The van der Waals surface area contributed by atoms with Gasteiger partial charge in [-0.3, -0.25) is 9.59 Å². The number of para-hydroxylation sites is 1. The fourth-order valence-electron chi connectivity index (χ4n) is 2.47. The number of amides is 1. The van der Waals surface area contributed by atoms with E-state index in [-0.39, 0.29) is 18.3 Å². The van der Waals surface area contributed by atoms with Gasteiger partial charge in [0.15, 0.2) is 12.4 Å². The molecule has 0 aliphatic heterocycles. The Labute approximate surface area is 142 Å². The van der Waals surface area contributed by atoms with Crippen LogP contribution in [0.5, 0.6) is 5.75 Å². The van der Waals surface area contributed by atoms with Gasteiger partial charge in [-0.25, -0.2) is 0 Å². The highest BCUT2D eigenvalue weighted by atomic mass is 16.5. The maximum atomic E-state index is 12.1. The zero-order valence-electron chi connectivity index (χ0n) is 14.4. The number of nitrogens with one attached hydrogen (secondary N) is 1. The first kappa shape index (κ1) is 17.7. The lowest BCUT2D eigenvalue weighted by atomic mass is 10.1. The van der Waals surface area contributed by atoms with Gasteiger partial charge in [0.2, 0.25) is 0 Å². The van der Waals surface area contributed by atoms with Crippen LogP contribution >= 0.6 is 0 Å². The van der Waals surface area contributed by atoms with Gasteiger partial charge in [-0.1, -0.05) is 32.0 Å². The van der Waals surface area contributed by atoms with Gasteiger partial charge in [0, 0.05) is 17.7 Å². The Kier molecular flexibility index (Phi) is 6.13. The molecule has 0 radical (unpaired) electrons. The first-order valence-electron chi connectivity index (χ1n) is 8.19. The predicted molar refractivity (Wildman–Crippen MR) is 95.7 cm³/mol. The summed E-state index contributed by atoms with van der Waals surface area (Å²) in [6, 6.07) is 12.8. The summed E-state index contributed by atoms with van der Waals surface area (Å²) >= 11 is 0. The number of rotatable bonds is 7. The van der Waals surface area contributed by atoms with E-state index in [1.54, 1.807) is 24.3 Å². The molecular formula is C20H23NO3. The Bertz CT molecular complexity index is 720. The second-order valence-corrected chi connectivity index (χ2v) is 5.60. The van der Waals surface area contributed by atoms with E-state index < -0.39 is 0 Å². The highest BCUT2D eigenvalue weighted by Gasteiger charge is 2.09. The number of hydrogen-bond donors (Lipinski definition) is 1. The highest BCUT2D eigenvalue weighted by Crippen LogP contribution is 2.21. The average Bonchev–Trinajstić information content (AvgIpc) is 2.61. The number of ketones is 1. The van der Waals surface area contributed by atoms with E-state index in [0.717, 1.165) is 23.2 Å². The van der Waals surface area contributed by atoms with E-state index in [0.29, 0.717) is 17.7 Å². The maximum absolute atomic E-state index is 12.1. The molecule has 0 bridgehead atoms. The third-order valence-corrected chi connectivity index (χ3v) is 3.87. The molecule has 4 nitrogen and oxygen atoms in total. The number of ether oxygens (including phenoxy) is 1. The van der Waals surface area contributed by atoms with Crippen LogP contribution in [-0.2, 0) is 11.2 Å². The topological polar surface area (TPSA) is 55.4 Å². The van der Waals surface area contributed by atoms with E-state index in [4.69, 9.17) is 4.74 Å². The average molecular weight is 325 g/mol. The van der Waals surface area contributed by atoms with Crippen molar-refractivity contribution in [2.24, 2.45) is 0 Å². The number of Topliss-reactive ketones (excluding diaryl/α,β-unsaturated/α-hetero) is 1. The van der Waals surface area contributed by atoms with Crippen molar-refractivity contribution in [3.63, 3.8) is 0 Å². The van der Waals surface area contributed by atoms with Gasteiger partial charge < -0.3 is 10.1 Å². The first-order valence-corrected chi connectivity index (χ1v) is 8.19. The fraction of sp³-hybridized carbons (Fsp3) is 0.300. The molecule has 0 spiro atoms. The molecule has 4 heteroatoms. The van der Waals surface area contributed by atoms with Crippen LogP contribution in [-0.4, -0.2) is 18.3 Å². The van der Waals surface area contributed by atoms with Crippen molar-refractivity contribution in [1.29, 1.82) is 0 Å². The van der Waals surface area contributed by atoms with Gasteiger partial charge in [0.25, 0.3) is 5.91 Å². The molecule has 0 aliphatic rings. The number of aryl methyl sites for hydroxylation is 2. The van der Waals surface area contributed by atoms with Crippen molar-refractivity contribution in [1.82, 2.24) is 0 Å². The van der Waals surface area contributed by atoms with Gasteiger partial charge in [-0.05, 0) is 48.7 Å². The molecule has 126 valence electrons. The third-order valence-electron chi connectivity index (χ3n) is 3.87. The molecule has 2 aromatic carbocycles. The lowest BCUT2D eigenvalue weighted by Gasteiger charge is -2.13. The number of benzene rings is 2. The smallest absolute Gasteiger partial charge is 0.262 e. The summed E-state index contributed by atoms with van der Waals surface area (Å²) in [5.74, 6) is 0.456. The Morgan fingerprint density at radius 3 is 2.38 bits per heavy atom. The molecule has 0 heterocycles. The summed E-state index contributed by atoms with van der Waals surface area (Å²) in [6.45, 7) is 5.78. The van der Waals surface area contributed by atoms with Gasteiger partial charge in [-0.15, -0.1) is 0 Å². The Morgan fingerprint density at radius 1 is 1.04 bits per heavy atom. The molecule has 0 saturated heterocycles. The summed E-state index contributed by atoms with van der Waals surface area (Å²) in [5, 5.41) is 2.92. The van der Waals surface area contributed by atoms with E-state index in [2.05, 4.69) is 12.2 Å². The van der Waals surface area contributed by atoms with Gasteiger partial charge >= 0.3 is 0 Å². The van der Waals surface area contributed by atoms with Crippen molar-refractivity contribution in [2.75, 3.05) is 11.9 Å². The molecule has 24 heavy (non-hydrogen) atoms. The molecule has 0 aliphatic carbocycles. The minimum atomic E-state index is -0.201. The Hall–Kier alpha value is -2.62. The summed E-state index contributed by atoms with van der Waals surface area (Å²) in [4.78, 5) is 23.7. The van der Waals surface area contributed by atoms with Crippen molar-refractivity contribution in [3.8, 4) is 5.75 Å². The Morgan fingerprint density at radius 2 is 1.75 bits per heavy atom. The summed E-state index contributed by atoms with van der Waals surface area (Å²) in [7, 11) is 0. The first-order chi connectivity index (χ1) is 11.5. The number of carbonyl (C=O) groups is 2. The SMILES string of the molecule is CCC(=O)c1ccc(OCC(=O)Nc2c(C)cccc2CC)cc1. The molecule has 1 N–H and O–H groups in total. The normalized spacial score (nSPS) is 10.3. The molecule has 2 rings (SSSR count). The molecule has 0 unspecified atom stereocenters. The van der Waals surface area contributed by atoms with Crippen molar-refractivity contribution in [3.05, 3.63) is 59.2 Å². The molecule has 2 aromatic rings. The summed E-state index contributed by atoms with van der Waals surface area (Å²) < 4.78 is 5.50.